The third kappa shape index (κ3) is 9.14. The maximum atomic E-state index is 6.89. The molecule has 3 nitrogen and oxygen atoms in total. The lowest BCUT2D eigenvalue weighted by Gasteiger charge is -2.49. The quantitative estimate of drug-likeness (QED) is 0.142. The fourth-order valence-electron chi connectivity index (χ4n) is 9.41. The van der Waals surface area contributed by atoms with Crippen LogP contribution in [0.1, 0.15) is 154 Å². The van der Waals surface area contributed by atoms with Crippen LogP contribution in [-0.4, -0.2) is 6.54 Å². The molecule has 0 amide bonds. The number of allylic oxidation sites excluding steroid dienone is 8. The first kappa shape index (κ1) is 50.6. The molecule has 1 aliphatic carbocycles. The zero-order valence-electron chi connectivity index (χ0n) is 41.3. The van der Waals surface area contributed by atoms with Crippen molar-refractivity contribution in [1.29, 1.82) is 0 Å². The first-order chi connectivity index (χ1) is 31.4. The van der Waals surface area contributed by atoms with Crippen molar-refractivity contribution in [3.8, 4) is 16.9 Å². The van der Waals surface area contributed by atoms with Crippen LogP contribution in [-0.2, 0) is 5.41 Å². The van der Waals surface area contributed by atoms with E-state index in [1.54, 1.807) is 0 Å². The van der Waals surface area contributed by atoms with Crippen LogP contribution >= 0.6 is 0 Å². The van der Waals surface area contributed by atoms with E-state index in [-0.39, 0.29) is 12.0 Å². The molecule has 0 aromatic heterocycles. The Labute approximate surface area is 388 Å². The predicted molar refractivity (Wildman–Crippen MR) is 282 cm³/mol. The molecule has 2 unspecified atom stereocenters. The van der Waals surface area contributed by atoms with Gasteiger partial charge in [-0.25, -0.2) is 0 Å². The summed E-state index contributed by atoms with van der Waals surface area (Å²) in [5.74, 6) is 0.914. The number of likely N-dealkylation sites (N-methyl/N-ethyl adjacent to an activating group) is 1. The van der Waals surface area contributed by atoms with Gasteiger partial charge in [0.25, 0.3) is 0 Å². The first-order valence-electron chi connectivity index (χ1n) is 24.2. The maximum absolute atomic E-state index is 6.89. The second kappa shape index (κ2) is 24.1. The number of hydrogen-bond donors (Lipinski definition) is 1. The zero-order chi connectivity index (χ0) is 47.0. The van der Waals surface area contributed by atoms with E-state index in [1.807, 2.05) is 73.6 Å². The molecule has 0 radical (unpaired) electrons. The zero-order valence-corrected chi connectivity index (χ0v) is 41.3. The van der Waals surface area contributed by atoms with E-state index in [1.165, 1.54) is 55.9 Å². The topological polar surface area (TPSA) is 38.5 Å². The number of nitrogens with two attached hydrogens (primary N) is 1. The molecular weight excluding hydrogens is 777 g/mol. The molecule has 0 saturated carbocycles. The minimum atomic E-state index is -0.500. The Bertz CT molecular complexity index is 2420. The van der Waals surface area contributed by atoms with Crippen molar-refractivity contribution in [1.82, 2.24) is 0 Å². The van der Waals surface area contributed by atoms with Gasteiger partial charge < -0.3 is 15.4 Å². The van der Waals surface area contributed by atoms with Crippen molar-refractivity contribution in [2.75, 3.05) is 11.4 Å². The molecule has 64 heavy (non-hydrogen) atoms. The maximum Gasteiger partial charge on any atom is 0.146 e. The lowest BCUT2D eigenvalue weighted by Crippen LogP contribution is -2.43. The van der Waals surface area contributed by atoms with E-state index in [9.17, 15) is 0 Å². The summed E-state index contributed by atoms with van der Waals surface area (Å²) in [6.07, 6.45) is 15.2. The van der Waals surface area contributed by atoms with Crippen LogP contribution in [0.4, 0.5) is 5.69 Å². The van der Waals surface area contributed by atoms with Gasteiger partial charge >= 0.3 is 0 Å². The Morgan fingerprint density at radius 3 is 1.81 bits per heavy atom. The number of benzene rings is 5. The van der Waals surface area contributed by atoms with E-state index in [4.69, 9.17) is 17.0 Å². The number of ether oxygens (including phenoxy) is 1. The summed E-state index contributed by atoms with van der Waals surface area (Å²) in [5.41, 5.74) is 24.2. The van der Waals surface area contributed by atoms with Gasteiger partial charge in [0.2, 0.25) is 0 Å². The fourth-order valence-corrected chi connectivity index (χ4v) is 9.41. The van der Waals surface area contributed by atoms with Gasteiger partial charge in [0, 0.05) is 35.0 Å². The second-order valence-electron chi connectivity index (χ2n) is 14.9. The van der Waals surface area contributed by atoms with Crippen LogP contribution in [0.3, 0.4) is 0 Å². The van der Waals surface area contributed by atoms with Crippen LogP contribution in [0.2, 0.25) is 0 Å². The highest BCUT2D eigenvalue weighted by atomic mass is 16.5. The number of hydrogen-bond acceptors (Lipinski definition) is 3. The van der Waals surface area contributed by atoms with Crippen molar-refractivity contribution in [3.63, 3.8) is 0 Å². The lowest BCUT2D eigenvalue weighted by molar-refractivity contribution is 0.192. The summed E-state index contributed by atoms with van der Waals surface area (Å²) in [6.45, 7) is 32.5. The molecule has 1 spiro atoms. The second-order valence-corrected chi connectivity index (χ2v) is 14.9. The minimum Gasteiger partial charge on any atom is -0.480 e. The molecule has 2 atom stereocenters. The number of anilines is 1. The lowest BCUT2D eigenvalue weighted by atomic mass is 9.62. The van der Waals surface area contributed by atoms with Crippen molar-refractivity contribution < 1.29 is 4.74 Å². The van der Waals surface area contributed by atoms with Crippen LogP contribution in [0.15, 0.2) is 175 Å². The summed E-state index contributed by atoms with van der Waals surface area (Å²) < 4.78 is 6.89. The van der Waals surface area contributed by atoms with E-state index < -0.39 is 5.41 Å². The summed E-state index contributed by atoms with van der Waals surface area (Å²) >= 11 is 0. The van der Waals surface area contributed by atoms with Crippen molar-refractivity contribution in [2.24, 2.45) is 5.73 Å². The Morgan fingerprint density at radius 2 is 1.30 bits per heavy atom. The molecule has 2 heterocycles. The molecule has 0 bridgehead atoms. The van der Waals surface area contributed by atoms with E-state index >= 15 is 0 Å². The van der Waals surface area contributed by atoms with Gasteiger partial charge in [0.15, 0.2) is 0 Å². The molecule has 0 saturated heterocycles. The Morgan fingerprint density at radius 1 is 0.750 bits per heavy atom. The number of fused-ring (bicyclic) bond motifs is 8. The van der Waals surface area contributed by atoms with E-state index in [0.717, 1.165) is 53.1 Å². The van der Waals surface area contributed by atoms with E-state index in [2.05, 4.69) is 173 Å². The summed E-state index contributed by atoms with van der Waals surface area (Å²) in [5, 5.41) is 0. The van der Waals surface area contributed by atoms with Gasteiger partial charge in [0.1, 0.15) is 11.9 Å². The molecule has 2 N–H and O–H groups in total. The van der Waals surface area contributed by atoms with Crippen LogP contribution in [0.5, 0.6) is 5.75 Å². The summed E-state index contributed by atoms with van der Waals surface area (Å²) in [6, 6.07) is 41.4. The van der Waals surface area contributed by atoms with Crippen molar-refractivity contribution in [3.05, 3.63) is 214 Å². The van der Waals surface area contributed by atoms with Gasteiger partial charge in [-0.2, -0.15) is 0 Å². The third-order valence-corrected chi connectivity index (χ3v) is 12.0. The average Bonchev–Trinajstić information content (AvgIpc) is 3.66. The first-order valence-corrected chi connectivity index (χ1v) is 24.2. The average molecular weight is 853 g/mol. The molecule has 5 aromatic rings. The minimum absolute atomic E-state index is 0.0370. The monoisotopic (exact) mass is 853 g/mol. The van der Waals surface area contributed by atoms with Crippen molar-refractivity contribution >= 4 is 17.0 Å². The molecule has 0 fully saturated rings. The smallest absolute Gasteiger partial charge is 0.146 e. The molecule has 336 valence electrons. The van der Waals surface area contributed by atoms with Crippen molar-refractivity contribution in [2.45, 2.75) is 120 Å². The molecule has 5 aromatic carbocycles. The third-order valence-electron chi connectivity index (χ3n) is 12.0. The Hall–Kier alpha value is -6.06. The van der Waals surface area contributed by atoms with Gasteiger partial charge in [0.05, 0.1) is 11.1 Å². The number of nitrogens with zero attached hydrogens (tertiary/aromatic N) is 1. The largest absolute Gasteiger partial charge is 0.480 e. The Balaban J connectivity index is 0.00000106. The standard InChI is InChI=1S/C53H52N2O.4C2H6/c1-7-22-45-48(10-4)55(11-5)51-46(53(45)43-29-20-18-27-39(43)40-28-19-21-30-44(40)53)33-42-49(56-52(42)50(51)35(6)8-2)32-31-36(9-3)41(37-23-14-12-15-24-37)34-47(54)38-25-16-13-17-26-38;4*1-2/h9-10,12-34,41,49H,6-8,11,54H2,1-5H3;4*1-2H3/b32-31-,36-9+,45-22+,47-34-,48-10+;;;;. The molecule has 3 aliphatic rings. The summed E-state index contributed by atoms with van der Waals surface area (Å²) in [4.78, 5) is 2.51. The fraction of sp³-hybridized carbons (Fsp3) is 0.311. The molecule has 2 aliphatic heterocycles. The van der Waals surface area contributed by atoms with Crippen LogP contribution in [0, 0.1) is 0 Å². The highest BCUT2D eigenvalue weighted by Gasteiger charge is 2.54. The SMILES string of the molecule is C=C(CC)c1c2c(cc3c1N(CC)C(=C/C)/C(=C\CC)C31c3ccccc3-c3ccccc31)C(/C=C\C(=C/C)C(/C=C(\N)c1ccccc1)c1ccccc1)O2.CC.CC.CC.CC. The number of rotatable bonds is 10. The predicted octanol–water partition coefficient (Wildman–Crippen LogP) is 17.3. The Kier molecular flexibility index (Phi) is 19.1. The van der Waals surface area contributed by atoms with Gasteiger partial charge in [-0.15, -0.1) is 0 Å². The molecule has 8 rings (SSSR count). The van der Waals surface area contributed by atoms with Gasteiger partial charge in [-0.1, -0.05) is 209 Å². The highest BCUT2D eigenvalue weighted by Crippen LogP contribution is 2.65. The molecular formula is C61H76N2O. The molecule has 3 heteroatoms. The van der Waals surface area contributed by atoms with Crippen LogP contribution < -0.4 is 15.4 Å². The summed E-state index contributed by atoms with van der Waals surface area (Å²) in [7, 11) is 0. The highest BCUT2D eigenvalue weighted by molar-refractivity contribution is 5.96. The van der Waals surface area contributed by atoms with Gasteiger partial charge in [-0.05, 0) is 107 Å². The normalized spacial score (nSPS) is 16.7. The van der Waals surface area contributed by atoms with Crippen LogP contribution in [0.25, 0.3) is 22.4 Å². The van der Waals surface area contributed by atoms with E-state index in [0.29, 0.717) is 0 Å². The van der Waals surface area contributed by atoms with Gasteiger partial charge in [-0.3, -0.25) is 0 Å².